The number of hydrogen-bond acceptors (Lipinski definition) is 4. The zero-order chi connectivity index (χ0) is 15.6. The molecule has 2 aromatic rings. The van der Waals surface area contributed by atoms with Crippen molar-refractivity contribution in [1.29, 1.82) is 0 Å². The van der Waals surface area contributed by atoms with E-state index in [1.165, 1.54) is 29.1 Å². The van der Waals surface area contributed by atoms with E-state index in [0.717, 1.165) is 6.07 Å². The first-order chi connectivity index (χ1) is 9.88. The highest BCUT2D eigenvalue weighted by atomic mass is 19.1. The normalized spacial score (nSPS) is 10.7. The van der Waals surface area contributed by atoms with Gasteiger partial charge in [0.2, 0.25) is 5.95 Å². The van der Waals surface area contributed by atoms with Gasteiger partial charge in [-0.25, -0.2) is 4.98 Å². The van der Waals surface area contributed by atoms with E-state index in [4.69, 9.17) is 0 Å². The summed E-state index contributed by atoms with van der Waals surface area (Å²) in [4.78, 5) is 25.9. The predicted molar refractivity (Wildman–Crippen MR) is 73.6 cm³/mol. The van der Waals surface area contributed by atoms with Crippen molar-refractivity contribution < 1.29 is 14.1 Å². The van der Waals surface area contributed by atoms with Crippen LogP contribution in [0.25, 0.3) is 0 Å². The van der Waals surface area contributed by atoms with Crippen molar-refractivity contribution in [1.82, 2.24) is 9.55 Å². The highest BCUT2D eigenvalue weighted by Crippen LogP contribution is 2.21. The van der Waals surface area contributed by atoms with Gasteiger partial charge in [0.1, 0.15) is 5.69 Å². The van der Waals surface area contributed by atoms with Crippen LogP contribution in [0, 0.1) is 16.1 Å². The zero-order valence-electron chi connectivity index (χ0n) is 11.4. The molecule has 2 rings (SSSR count). The number of carbonyl (C=O) groups is 1. The lowest BCUT2D eigenvalue weighted by atomic mass is 10.3. The Hall–Kier alpha value is -2.77. The maximum absolute atomic E-state index is 12.7. The molecule has 110 valence electrons. The van der Waals surface area contributed by atoms with Crippen molar-refractivity contribution in [3.63, 3.8) is 0 Å². The Morgan fingerprint density at radius 3 is 2.71 bits per heavy atom. The lowest BCUT2D eigenvalue weighted by molar-refractivity contribution is -0.384. The Bertz CT molecular complexity index is 679. The van der Waals surface area contributed by atoms with E-state index < -0.39 is 16.8 Å². The summed E-state index contributed by atoms with van der Waals surface area (Å²) >= 11 is 0. The lowest BCUT2D eigenvalue weighted by Gasteiger charge is -2.12. The number of amides is 1. The summed E-state index contributed by atoms with van der Waals surface area (Å²) in [5.41, 5.74) is 0.299. The second-order valence-electron chi connectivity index (χ2n) is 4.67. The first kappa shape index (κ1) is 14.6. The fraction of sp³-hybridized carbons (Fsp3) is 0.231. The van der Waals surface area contributed by atoms with Crippen molar-refractivity contribution in [3.8, 4) is 0 Å². The molecule has 0 spiro atoms. The summed E-state index contributed by atoms with van der Waals surface area (Å²) in [5.74, 6) is -1.18. The molecule has 0 aliphatic rings. The van der Waals surface area contributed by atoms with Gasteiger partial charge in [-0.15, -0.1) is 0 Å². The third-order valence-electron chi connectivity index (χ3n) is 2.82. The molecule has 0 saturated carbocycles. The van der Waals surface area contributed by atoms with Crippen molar-refractivity contribution in [3.05, 3.63) is 52.3 Å². The number of pyridine rings is 1. The Kier molecular flexibility index (Phi) is 3.97. The van der Waals surface area contributed by atoms with Crippen molar-refractivity contribution in [2.45, 2.75) is 19.9 Å². The fourth-order valence-corrected chi connectivity index (χ4v) is 1.82. The van der Waals surface area contributed by atoms with E-state index >= 15 is 0 Å². The zero-order valence-corrected chi connectivity index (χ0v) is 11.4. The standard InChI is InChI=1S/C13H13FN4O3/c1-8(2)17-7-10(18(20)21)5-11(17)13(19)16-9-3-4-12(14)15-6-9/h3-8H,1-2H3,(H,16,19). The van der Waals surface area contributed by atoms with E-state index in [0.29, 0.717) is 5.69 Å². The van der Waals surface area contributed by atoms with E-state index in [9.17, 15) is 19.3 Å². The molecule has 7 nitrogen and oxygen atoms in total. The third kappa shape index (κ3) is 3.22. The van der Waals surface area contributed by atoms with Crippen molar-refractivity contribution >= 4 is 17.3 Å². The summed E-state index contributed by atoms with van der Waals surface area (Å²) in [7, 11) is 0. The van der Waals surface area contributed by atoms with Crippen molar-refractivity contribution in [2.75, 3.05) is 5.32 Å². The number of nitrogens with one attached hydrogen (secondary N) is 1. The molecule has 0 atom stereocenters. The molecule has 2 heterocycles. The van der Waals surface area contributed by atoms with Gasteiger partial charge in [0, 0.05) is 12.1 Å². The van der Waals surface area contributed by atoms with Crippen LogP contribution in [-0.2, 0) is 0 Å². The second kappa shape index (κ2) is 5.70. The van der Waals surface area contributed by atoms with Crippen LogP contribution in [0.1, 0.15) is 30.4 Å². The van der Waals surface area contributed by atoms with Crippen LogP contribution in [0.5, 0.6) is 0 Å². The molecule has 8 heteroatoms. The molecule has 0 aromatic carbocycles. The second-order valence-corrected chi connectivity index (χ2v) is 4.67. The Morgan fingerprint density at radius 2 is 2.19 bits per heavy atom. The number of carbonyl (C=O) groups excluding carboxylic acids is 1. The Morgan fingerprint density at radius 1 is 1.48 bits per heavy atom. The molecule has 0 aliphatic carbocycles. The van der Waals surface area contributed by atoms with Crippen LogP contribution in [0.2, 0.25) is 0 Å². The Labute approximate surface area is 119 Å². The number of halogens is 1. The molecule has 2 aromatic heterocycles. The van der Waals surface area contributed by atoms with Gasteiger partial charge in [-0.1, -0.05) is 0 Å². The van der Waals surface area contributed by atoms with Gasteiger partial charge >= 0.3 is 0 Å². The molecular weight excluding hydrogens is 279 g/mol. The molecule has 0 saturated heterocycles. The van der Waals surface area contributed by atoms with Gasteiger partial charge < -0.3 is 9.88 Å². The molecule has 1 amide bonds. The molecule has 0 bridgehead atoms. The maximum Gasteiger partial charge on any atom is 0.287 e. The minimum absolute atomic E-state index is 0.120. The quantitative estimate of drug-likeness (QED) is 0.533. The van der Waals surface area contributed by atoms with Gasteiger partial charge in [0.15, 0.2) is 0 Å². The summed E-state index contributed by atoms with van der Waals surface area (Å²) in [6.45, 7) is 3.61. The topological polar surface area (TPSA) is 90.1 Å². The first-order valence-electron chi connectivity index (χ1n) is 6.17. The number of aromatic nitrogens is 2. The molecule has 0 fully saturated rings. The number of nitro groups is 1. The minimum Gasteiger partial charge on any atom is -0.335 e. The number of anilines is 1. The fourth-order valence-electron chi connectivity index (χ4n) is 1.82. The maximum atomic E-state index is 12.7. The van der Waals surface area contributed by atoms with Gasteiger partial charge in [0.25, 0.3) is 11.6 Å². The highest BCUT2D eigenvalue weighted by Gasteiger charge is 2.20. The summed E-state index contributed by atoms with van der Waals surface area (Å²) in [6, 6.07) is 3.55. The predicted octanol–water partition coefficient (Wildman–Crippen LogP) is 2.76. The van der Waals surface area contributed by atoms with Crippen LogP contribution in [0.4, 0.5) is 15.8 Å². The summed E-state index contributed by atoms with van der Waals surface area (Å²) < 4.78 is 14.2. The number of hydrogen-bond donors (Lipinski definition) is 1. The van der Waals surface area contributed by atoms with Gasteiger partial charge in [-0.05, 0) is 26.0 Å². The van der Waals surface area contributed by atoms with Gasteiger partial charge in [0.05, 0.1) is 23.0 Å². The van der Waals surface area contributed by atoms with E-state index in [1.807, 2.05) is 0 Å². The molecular formula is C13H13FN4O3. The average Bonchev–Trinajstić information content (AvgIpc) is 2.87. The first-order valence-corrected chi connectivity index (χ1v) is 6.17. The van der Waals surface area contributed by atoms with Crippen LogP contribution in [-0.4, -0.2) is 20.4 Å². The van der Waals surface area contributed by atoms with Crippen LogP contribution >= 0.6 is 0 Å². The van der Waals surface area contributed by atoms with Gasteiger partial charge in [-0.3, -0.25) is 14.9 Å². The highest BCUT2D eigenvalue weighted by molar-refractivity contribution is 6.03. The molecule has 1 N–H and O–H groups in total. The van der Waals surface area contributed by atoms with Crippen LogP contribution in [0.15, 0.2) is 30.6 Å². The number of nitrogens with zero attached hydrogens (tertiary/aromatic N) is 3. The average molecular weight is 292 g/mol. The molecule has 0 aliphatic heterocycles. The molecule has 0 radical (unpaired) electrons. The number of rotatable bonds is 4. The largest absolute Gasteiger partial charge is 0.335 e. The SMILES string of the molecule is CC(C)n1cc([N+](=O)[O-])cc1C(=O)Nc1ccc(F)nc1. The van der Waals surface area contributed by atoms with E-state index in [2.05, 4.69) is 10.3 Å². The summed E-state index contributed by atoms with van der Waals surface area (Å²) in [6.07, 6.45) is 2.48. The van der Waals surface area contributed by atoms with E-state index in [1.54, 1.807) is 13.8 Å². The molecule has 21 heavy (non-hydrogen) atoms. The van der Waals surface area contributed by atoms with Crippen LogP contribution < -0.4 is 5.32 Å². The van der Waals surface area contributed by atoms with E-state index in [-0.39, 0.29) is 17.4 Å². The van der Waals surface area contributed by atoms with Gasteiger partial charge in [-0.2, -0.15) is 4.39 Å². The molecule has 0 unspecified atom stereocenters. The van der Waals surface area contributed by atoms with Crippen LogP contribution in [0.3, 0.4) is 0 Å². The van der Waals surface area contributed by atoms with Crippen molar-refractivity contribution in [2.24, 2.45) is 0 Å². The third-order valence-corrected chi connectivity index (χ3v) is 2.82. The smallest absolute Gasteiger partial charge is 0.287 e. The minimum atomic E-state index is -0.658. The lowest BCUT2D eigenvalue weighted by Crippen LogP contribution is -2.17. The Balaban J connectivity index is 2.29. The monoisotopic (exact) mass is 292 g/mol. The summed E-state index contributed by atoms with van der Waals surface area (Å²) in [5, 5.41) is 13.3.